The van der Waals surface area contributed by atoms with Gasteiger partial charge in [-0.1, -0.05) is 18.2 Å². The fourth-order valence-corrected chi connectivity index (χ4v) is 4.72. The number of para-hydroxylation sites is 1. The number of ether oxygens (including phenoxy) is 1. The van der Waals surface area contributed by atoms with Crippen LogP contribution in [0.1, 0.15) is 19.8 Å². The van der Waals surface area contributed by atoms with E-state index in [4.69, 9.17) is 4.74 Å². The smallest absolute Gasteiger partial charge is 0.243 e. The van der Waals surface area contributed by atoms with Gasteiger partial charge in [0.25, 0.3) is 0 Å². The maximum absolute atomic E-state index is 13.1. The van der Waals surface area contributed by atoms with Crippen molar-refractivity contribution in [2.24, 2.45) is 5.92 Å². The van der Waals surface area contributed by atoms with Crippen LogP contribution in [0.25, 0.3) is 0 Å². The number of halogens is 1. The number of amides is 1. The van der Waals surface area contributed by atoms with Crippen molar-refractivity contribution in [2.75, 3.05) is 19.7 Å². The van der Waals surface area contributed by atoms with Crippen LogP contribution >= 0.6 is 0 Å². The number of carbonyl (C=O) groups is 1. The van der Waals surface area contributed by atoms with E-state index in [0.29, 0.717) is 19.4 Å². The monoisotopic (exact) mass is 420 g/mol. The molecule has 3 rings (SSSR count). The molecule has 0 saturated carbocycles. The SMILES string of the molecule is C[C@@H](COc1ccccc1)NC(=O)C1CCN(S(=O)(=O)c2ccc(F)cc2)CC1. The second-order valence-corrected chi connectivity index (χ2v) is 9.10. The summed E-state index contributed by atoms with van der Waals surface area (Å²) < 4.78 is 45.4. The number of hydrogen-bond acceptors (Lipinski definition) is 4. The molecule has 0 unspecified atom stereocenters. The highest BCUT2D eigenvalue weighted by Crippen LogP contribution is 2.24. The molecule has 0 bridgehead atoms. The first-order valence-corrected chi connectivity index (χ1v) is 11.0. The molecule has 1 aliphatic heterocycles. The Morgan fingerprint density at radius 3 is 2.38 bits per heavy atom. The fourth-order valence-electron chi connectivity index (χ4n) is 3.25. The molecular formula is C21H25FN2O4S. The topological polar surface area (TPSA) is 75.7 Å². The molecule has 29 heavy (non-hydrogen) atoms. The van der Waals surface area contributed by atoms with Crippen LogP contribution in [-0.2, 0) is 14.8 Å². The van der Waals surface area contributed by atoms with Crippen LogP contribution in [-0.4, -0.2) is 44.4 Å². The molecule has 2 aromatic carbocycles. The van der Waals surface area contributed by atoms with E-state index in [-0.39, 0.29) is 35.9 Å². The maximum Gasteiger partial charge on any atom is 0.243 e. The number of piperidine rings is 1. The third-order valence-corrected chi connectivity index (χ3v) is 6.82. The average molecular weight is 421 g/mol. The Labute approximate surface area is 170 Å². The van der Waals surface area contributed by atoms with Gasteiger partial charge in [0.15, 0.2) is 0 Å². The lowest BCUT2D eigenvalue weighted by Gasteiger charge is -2.31. The van der Waals surface area contributed by atoms with Crippen LogP contribution in [0, 0.1) is 11.7 Å². The fraction of sp³-hybridized carbons (Fsp3) is 0.381. The van der Waals surface area contributed by atoms with E-state index in [1.807, 2.05) is 37.3 Å². The largest absolute Gasteiger partial charge is 0.491 e. The number of hydrogen-bond donors (Lipinski definition) is 1. The van der Waals surface area contributed by atoms with Crippen LogP contribution in [0.5, 0.6) is 5.75 Å². The van der Waals surface area contributed by atoms with Gasteiger partial charge < -0.3 is 10.1 Å². The summed E-state index contributed by atoms with van der Waals surface area (Å²) in [6, 6.07) is 14.0. The Balaban J connectivity index is 1.48. The van der Waals surface area contributed by atoms with Gasteiger partial charge in [0.2, 0.25) is 15.9 Å². The summed E-state index contributed by atoms with van der Waals surface area (Å²) in [5.74, 6) is -0.0700. The van der Waals surface area contributed by atoms with Crippen LogP contribution in [0.4, 0.5) is 4.39 Å². The molecular weight excluding hydrogens is 395 g/mol. The predicted molar refractivity (Wildman–Crippen MR) is 107 cm³/mol. The number of carbonyl (C=O) groups excluding carboxylic acids is 1. The lowest BCUT2D eigenvalue weighted by atomic mass is 9.97. The van der Waals surface area contributed by atoms with Gasteiger partial charge in [-0.05, 0) is 56.2 Å². The summed E-state index contributed by atoms with van der Waals surface area (Å²) in [6.07, 6.45) is 0.886. The highest BCUT2D eigenvalue weighted by Gasteiger charge is 2.32. The van der Waals surface area contributed by atoms with Crippen LogP contribution < -0.4 is 10.1 Å². The van der Waals surface area contributed by atoms with E-state index in [1.165, 1.54) is 16.4 Å². The number of nitrogens with zero attached hydrogens (tertiary/aromatic N) is 1. The molecule has 1 aliphatic rings. The van der Waals surface area contributed by atoms with Gasteiger partial charge in [-0.15, -0.1) is 0 Å². The zero-order valence-corrected chi connectivity index (χ0v) is 17.1. The van der Waals surface area contributed by atoms with E-state index < -0.39 is 15.8 Å². The van der Waals surface area contributed by atoms with Crippen LogP contribution in [0.2, 0.25) is 0 Å². The van der Waals surface area contributed by atoms with Gasteiger partial charge in [0, 0.05) is 19.0 Å². The molecule has 1 N–H and O–H groups in total. The van der Waals surface area contributed by atoms with Gasteiger partial charge in [-0.3, -0.25) is 4.79 Å². The minimum Gasteiger partial charge on any atom is -0.491 e. The molecule has 1 fully saturated rings. The lowest BCUT2D eigenvalue weighted by Crippen LogP contribution is -2.45. The van der Waals surface area contributed by atoms with Crippen molar-refractivity contribution in [3.8, 4) is 5.75 Å². The van der Waals surface area contributed by atoms with Gasteiger partial charge in [0.1, 0.15) is 18.2 Å². The number of benzene rings is 2. The third kappa shape index (κ3) is 5.55. The minimum absolute atomic E-state index is 0.0634. The van der Waals surface area contributed by atoms with Crippen LogP contribution in [0.3, 0.4) is 0 Å². The molecule has 8 heteroatoms. The molecule has 1 heterocycles. The Morgan fingerprint density at radius 1 is 1.14 bits per heavy atom. The van der Waals surface area contributed by atoms with Crippen molar-refractivity contribution in [2.45, 2.75) is 30.7 Å². The molecule has 1 atom stereocenters. The van der Waals surface area contributed by atoms with Crippen molar-refractivity contribution < 1.29 is 22.3 Å². The number of nitrogens with one attached hydrogen (secondary N) is 1. The molecule has 1 saturated heterocycles. The Bertz CT molecular complexity index is 911. The lowest BCUT2D eigenvalue weighted by molar-refractivity contribution is -0.126. The molecule has 0 aromatic heterocycles. The number of sulfonamides is 1. The van der Waals surface area contributed by atoms with E-state index in [2.05, 4.69) is 5.32 Å². The van der Waals surface area contributed by atoms with Gasteiger partial charge in [-0.25, -0.2) is 12.8 Å². The molecule has 0 aliphatic carbocycles. The van der Waals surface area contributed by atoms with E-state index in [9.17, 15) is 17.6 Å². The Morgan fingerprint density at radius 2 is 1.76 bits per heavy atom. The highest BCUT2D eigenvalue weighted by atomic mass is 32.2. The Kier molecular flexibility index (Phi) is 6.87. The zero-order valence-electron chi connectivity index (χ0n) is 16.3. The van der Waals surface area contributed by atoms with Crippen molar-refractivity contribution in [1.29, 1.82) is 0 Å². The quantitative estimate of drug-likeness (QED) is 0.747. The second kappa shape index (κ2) is 9.37. The highest BCUT2D eigenvalue weighted by molar-refractivity contribution is 7.89. The average Bonchev–Trinajstić information content (AvgIpc) is 2.73. The predicted octanol–water partition coefficient (Wildman–Crippen LogP) is 2.81. The van der Waals surface area contributed by atoms with E-state index in [0.717, 1.165) is 17.9 Å². The van der Waals surface area contributed by atoms with Crippen LogP contribution in [0.15, 0.2) is 59.5 Å². The van der Waals surface area contributed by atoms with E-state index >= 15 is 0 Å². The molecule has 0 spiro atoms. The first-order chi connectivity index (χ1) is 13.9. The summed E-state index contributed by atoms with van der Waals surface area (Å²) in [7, 11) is -3.68. The molecule has 0 radical (unpaired) electrons. The Hall–Kier alpha value is -2.45. The van der Waals surface area contributed by atoms with E-state index in [1.54, 1.807) is 0 Å². The summed E-state index contributed by atoms with van der Waals surface area (Å²) in [5, 5.41) is 2.94. The summed E-state index contributed by atoms with van der Waals surface area (Å²) in [6.45, 7) is 2.74. The van der Waals surface area contributed by atoms with Crippen molar-refractivity contribution in [3.63, 3.8) is 0 Å². The minimum atomic E-state index is -3.68. The molecule has 2 aromatic rings. The molecule has 1 amide bonds. The molecule has 156 valence electrons. The van der Waals surface area contributed by atoms with Gasteiger partial charge >= 0.3 is 0 Å². The first kappa shape index (κ1) is 21.3. The summed E-state index contributed by atoms with van der Waals surface area (Å²) >= 11 is 0. The summed E-state index contributed by atoms with van der Waals surface area (Å²) in [5.41, 5.74) is 0. The second-order valence-electron chi connectivity index (χ2n) is 7.17. The zero-order chi connectivity index (χ0) is 20.9. The van der Waals surface area contributed by atoms with Gasteiger partial charge in [-0.2, -0.15) is 4.31 Å². The maximum atomic E-state index is 13.1. The summed E-state index contributed by atoms with van der Waals surface area (Å²) in [4.78, 5) is 12.6. The van der Waals surface area contributed by atoms with Crippen molar-refractivity contribution >= 4 is 15.9 Å². The number of rotatable bonds is 7. The van der Waals surface area contributed by atoms with Gasteiger partial charge in [0.05, 0.1) is 10.9 Å². The van der Waals surface area contributed by atoms with Crippen molar-refractivity contribution in [1.82, 2.24) is 9.62 Å². The first-order valence-electron chi connectivity index (χ1n) is 9.60. The molecule has 6 nitrogen and oxygen atoms in total. The van der Waals surface area contributed by atoms with Crippen molar-refractivity contribution in [3.05, 3.63) is 60.4 Å². The normalized spacial score (nSPS) is 16.9. The third-order valence-electron chi connectivity index (χ3n) is 4.91. The standard InChI is InChI=1S/C21H25FN2O4S/c1-16(15-28-19-5-3-2-4-6-19)23-21(25)17-11-13-24(14-12-17)29(26,27)20-9-7-18(22)8-10-20/h2-10,16-17H,11-15H2,1H3,(H,23,25)/t16-/m0/s1.